The fourth-order valence-corrected chi connectivity index (χ4v) is 2.31. The van der Waals surface area contributed by atoms with Gasteiger partial charge in [0, 0.05) is 25.9 Å². The summed E-state index contributed by atoms with van der Waals surface area (Å²) in [5.74, 6) is 0.703. The Morgan fingerprint density at radius 1 is 1.32 bits per heavy atom. The van der Waals surface area contributed by atoms with Crippen molar-refractivity contribution in [2.75, 3.05) is 13.1 Å². The zero-order valence-corrected chi connectivity index (χ0v) is 13.3. The predicted molar refractivity (Wildman–Crippen MR) is 82.6 cm³/mol. The number of benzene rings is 1. The van der Waals surface area contributed by atoms with Gasteiger partial charge in [0.1, 0.15) is 17.5 Å². The minimum Gasteiger partial charge on any atom is -0.490 e. The molecule has 1 amide bonds. The van der Waals surface area contributed by atoms with E-state index in [1.807, 2.05) is 32.9 Å². The zero-order chi connectivity index (χ0) is 16.2. The topological polar surface area (TPSA) is 62.6 Å². The van der Waals surface area contributed by atoms with Crippen molar-refractivity contribution in [1.82, 2.24) is 4.90 Å². The van der Waals surface area contributed by atoms with Crippen molar-refractivity contribution in [2.24, 2.45) is 0 Å². The normalized spacial score (nSPS) is 16.0. The smallest absolute Gasteiger partial charge is 0.410 e. The van der Waals surface area contributed by atoms with Gasteiger partial charge in [0.05, 0.1) is 11.6 Å². The van der Waals surface area contributed by atoms with Crippen LogP contribution in [0.4, 0.5) is 4.79 Å². The fraction of sp³-hybridized carbons (Fsp3) is 0.529. The highest BCUT2D eigenvalue weighted by atomic mass is 16.6. The molecule has 22 heavy (non-hydrogen) atoms. The number of likely N-dealkylation sites (tertiary alicyclic amines) is 1. The Balaban J connectivity index is 1.84. The molecule has 0 radical (unpaired) electrons. The minimum atomic E-state index is -0.470. The molecule has 1 saturated heterocycles. The van der Waals surface area contributed by atoms with Crippen LogP contribution in [0.3, 0.4) is 0 Å². The van der Waals surface area contributed by atoms with Crippen LogP contribution in [0.5, 0.6) is 5.75 Å². The lowest BCUT2D eigenvalue weighted by atomic mass is 10.1. The molecular weight excluding hydrogens is 280 g/mol. The van der Waals surface area contributed by atoms with Crippen LogP contribution in [0.15, 0.2) is 24.3 Å². The van der Waals surface area contributed by atoms with Gasteiger partial charge in [0.15, 0.2) is 0 Å². The Morgan fingerprint density at radius 3 is 2.59 bits per heavy atom. The lowest BCUT2D eigenvalue weighted by Gasteiger charge is -2.33. The first kappa shape index (κ1) is 16.2. The third-order valence-electron chi connectivity index (χ3n) is 3.36. The van der Waals surface area contributed by atoms with Crippen LogP contribution in [0.2, 0.25) is 0 Å². The Kier molecular flexibility index (Phi) is 4.92. The van der Waals surface area contributed by atoms with Gasteiger partial charge >= 0.3 is 6.09 Å². The number of piperidine rings is 1. The van der Waals surface area contributed by atoms with Crippen molar-refractivity contribution in [3.05, 3.63) is 29.8 Å². The highest BCUT2D eigenvalue weighted by Gasteiger charge is 2.27. The maximum absolute atomic E-state index is 12.0. The molecule has 0 saturated carbocycles. The number of nitriles is 1. The van der Waals surface area contributed by atoms with Crippen LogP contribution < -0.4 is 4.74 Å². The molecule has 0 N–H and O–H groups in total. The van der Waals surface area contributed by atoms with Crippen molar-refractivity contribution in [1.29, 1.82) is 5.26 Å². The fourth-order valence-electron chi connectivity index (χ4n) is 2.31. The number of carbonyl (C=O) groups excluding carboxylic acids is 1. The molecule has 1 aromatic carbocycles. The van der Waals surface area contributed by atoms with Crippen LogP contribution in [0, 0.1) is 11.3 Å². The molecule has 118 valence electrons. The van der Waals surface area contributed by atoms with E-state index in [4.69, 9.17) is 14.7 Å². The van der Waals surface area contributed by atoms with Crippen molar-refractivity contribution >= 4 is 6.09 Å². The van der Waals surface area contributed by atoms with Crippen molar-refractivity contribution in [3.8, 4) is 11.8 Å². The van der Waals surface area contributed by atoms with Crippen LogP contribution in [-0.4, -0.2) is 35.8 Å². The summed E-state index contributed by atoms with van der Waals surface area (Å²) >= 11 is 0. The highest BCUT2D eigenvalue weighted by Crippen LogP contribution is 2.21. The predicted octanol–water partition coefficient (Wildman–Crippen LogP) is 3.34. The van der Waals surface area contributed by atoms with E-state index in [-0.39, 0.29) is 12.2 Å². The first-order valence-electron chi connectivity index (χ1n) is 7.52. The minimum absolute atomic E-state index is 0.0626. The summed E-state index contributed by atoms with van der Waals surface area (Å²) in [6.07, 6.45) is 1.32. The van der Waals surface area contributed by atoms with Crippen molar-refractivity contribution < 1.29 is 14.3 Å². The molecule has 1 aliphatic rings. The zero-order valence-electron chi connectivity index (χ0n) is 13.3. The van der Waals surface area contributed by atoms with Gasteiger partial charge < -0.3 is 14.4 Å². The molecule has 0 bridgehead atoms. The summed E-state index contributed by atoms with van der Waals surface area (Å²) in [6, 6.07) is 9.24. The average molecular weight is 302 g/mol. The second-order valence-corrected chi connectivity index (χ2v) is 6.42. The van der Waals surface area contributed by atoms with Crippen molar-refractivity contribution in [3.63, 3.8) is 0 Å². The van der Waals surface area contributed by atoms with Gasteiger partial charge in [0.2, 0.25) is 0 Å². The summed E-state index contributed by atoms with van der Waals surface area (Å²) in [7, 11) is 0. The third kappa shape index (κ3) is 4.66. The standard InChI is InChI=1S/C17H22N2O3/c1-17(2,3)22-16(20)19-9-7-14(8-10-19)21-15-6-4-5-13(11-15)12-18/h4-6,11,14H,7-10H2,1-3H3. The Hall–Kier alpha value is -2.22. The summed E-state index contributed by atoms with van der Waals surface area (Å²) < 4.78 is 11.3. The quantitative estimate of drug-likeness (QED) is 0.840. The molecule has 2 rings (SSSR count). The number of rotatable bonds is 2. The molecule has 1 aliphatic heterocycles. The average Bonchev–Trinajstić information content (AvgIpc) is 2.46. The van der Waals surface area contributed by atoms with Gasteiger partial charge in [0.25, 0.3) is 0 Å². The number of amides is 1. The van der Waals surface area contributed by atoms with E-state index in [2.05, 4.69) is 6.07 Å². The number of carbonyl (C=O) groups is 1. The Bertz CT molecular complexity index is 564. The molecular formula is C17H22N2O3. The number of nitrogens with zero attached hydrogens (tertiary/aromatic N) is 2. The molecule has 5 heteroatoms. The van der Waals surface area contributed by atoms with Gasteiger partial charge in [-0.1, -0.05) is 6.07 Å². The van der Waals surface area contributed by atoms with Crippen LogP contribution in [0.25, 0.3) is 0 Å². The number of hydrogen-bond donors (Lipinski definition) is 0. The van der Waals surface area contributed by atoms with Crippen LogP contribution in [0.1, 0.15) is 39.2 Å². The second kappa shape index (κ2) is 6.69. The third-order valence-corrected chi connectivity index (χ3v) is 3.36. The van der Waals surface area contributed by atoms with E-state index in [0.717, 1.165) is 12.8 Å². The molecule has 0 unspecified atom stereocenters. The molecule has 1 aromatic rings. The van der Waals surface area contributed by atoms with Gasteiger partial charge in [-0.05, 0) is 39.0 Å². The van der Waals surface area contributed by atoms with E-state index in [0.29, 0.717) is 24.4 Å². The summed E-state index contributed by atoms with van der Waals surface area (Å²) in [4.78, 5) is 13.7. The summed E-state index contributed by atoms with van der Waals surface area (Å²) in [5.41, 5.74) is 0.117. The molecule has 0 atom stereocenters. The molecule has 0 spiro atoms. The SMILES string of the molecule is CC(C)(C)OC(=O)N1CCC(Oc2cccc(C#N)c2)CC1. The van der Waals surface area contributed by atoms with E-state index in [1.165, 1.54) is 0 Å². The largest absolute Gasteiger partial charge is 0.490 e. The van der Waals surface area contributed by atoms with Gasteiger partial charge in [-0.15, -0.1) is 0 Å². The molecule has 1 fully saturated rings. The van der Waals surface area contributed by atoms with E-state index in [1.54, 1.807) is 17.0 Å². The number of hydrogen-bond acceptors (Lipinski definition) is 4. The number of ether oxygens (including phenoxy) is 2. The maximum atomic E-state index is 12.0. The van der Waals surface area contributed by atoms with E-state index in [9.17, 15) is 4.79 Å². The lowest BCUT2D eigenvalue weighted by molar-refractivity contribution is 0.0126. The summed E-state index contributed by atoms with van der Waals surface area (Å²) in [5, 5.41) is 8.89. The summed E-state index contributed by atoms with van der Waals surface area (Å²) in [6.45, 7) is 6.84. The Morgan fingerprint density at radius 2 is 2.00 bits per heavy atom. The molecule has 1 heterocycles. The van der Waals surface area contributed by atoms with Gasteiger partial charge in [-0.2, -0.15) is 5.26 Å². The van der Waals surface area contributed by atoms with Gasteiger partial charge in [-0.3, -0.25) is 0 Å². The van der Waals surface area contributed by atoms with Gasteiger partial charge in [-0.25, -0.2) is 4.79 Å². The van der Waals surface area contributed by atoms with Crippen LogP contribution >= 0.6 is 0 Å². The lowest BCUT2D eigenvalue weighted by Crippen LogP contribution is -2.44. The van der Waals surface area contributed by atoms with Crippen molar-refractivity contribution in [2.45, 2.75) is 45.3 Å². The molecule has 0 aromatic heterocycles. The van der Waals surface area contributed by atoms with E-state index < -0.39 is 5.60 Å². The maximum Gasteiger partial charge on any atom is 0.410 e. The Labute approximate surface area is 131 Å². The van der Waals surface area contributed by atoms with E-state index >= 15 is 0 Å². The molecule has 5 nitrogen and oxygen atoms in total. The first-order valence-corrected chi connectivity index (χ1v) is 7.52. The monoisotopic (exact) mass is 302 g/mol. The highest BCUT2D eigenvalue weighted by molar-refractivity contribution is 5.68. The second-order valence-electron chi connectivity index (χ2n) is 6.42. The molecule has 0 aliphatic carbocycles. The van der Waals surface area contributed by atoms with Crippen LogP contribution in [-0.2, 0) is 4.74 Å². The first-order chi connectivity index (χ1) is 10.4.